The molecule has 0 N–H and O–H groups in total. The highest BCUT2D eigenvalue weighted by Gasteiger charge is 2.79. The molecule has 2 aliphatic heterocycles. The maximum atomic E-state index is 6.25. The van der Waals surface area contributed by atoms with Gasteiger partial charge in [0.05, 0.1) is 0 Å². The monoisotopic (exact) mass is 402 g/mol. The fraction of sp³-hybridized carbons (Fsp3) is 0.333. The highest BCUT2D eigenvalue weighted by atomic mass is 16.5. The minimum atomic E-state index is -0.0535. The third-order valence-corrected chi connectivity index (χ3v) is 10.7. The second-order valence-corrected chi connectivity index (χ2v) is 11.0. The van der Waals surface area contributed by atoms with E-state index in [4.69, 9.17) is 4.74 Å². The third kappa shape index (κ3) is 1.32. The Balaban J connectivity index is 1.60. The van der Waals surface area contributed by atoms with Crippen LogP contribution in [0.25, 0.3) is 0 Å². The van der Waals surface area contributed by atoms with Crippen molar-refractivity contribution in [1.29, 1.82) is 0 Å². The van der Waals surface area contributed by atoms with Crippen molar-refractivity contribution in [2.24, 2.45) is 5.41 Å². The van der Waals surface area contributed by atoms with E-state index >= 15 is 0 Å². The molecule has 0 saturated carbocycles. The molecule has 1 heteroatoms. The normalized spacial score (nSPS) is 41.2. The second-order valence-electron chi connectivity index (χ2n) is 11.0. The van der Waals surface area contributed by atoms with Gasteiger partial charge < -0.3 is 4.74 Å². The highest BCUT2D eigenvalue weighted by molar-refractivity contribution is 5.77. The molecule has 152 valence electrons. The first kappa shape index (κ1) is 17.0. The number of hydrogen-bond acceptors (Lipinski definition) is 1. The number of rotatable bonds is 0. The molecular weight excluding hydrogens is 376 g/mol. The van der Waals surface area contributed by atoms with Crippen LogP contribution in [0.15, 0.2) is 72.8 Å². The molecule has 1 nitrogen and oxygen atoms in total. The summed E-state index contributed by atoms with van der Waals surface area (Å²) >= 11 is 0. The SMILES string of the molecule is CC12c3ccccc3[C@@]3(C)c4cc5c(cc4[C@@](C)(c4ccccc41)C23C)[C@@H]1C=C[C@H]5O1. The van der Waals surface area contributed by atoms with Crippen molar-refractivity contribution in [2.45, 2.75) is 56.1 Å². The molecule has 2 heterocycles. The molecule has 6 atom stereocenters. The lowest BCUT2D eigenvalue weighted by molar-refractivity contribution is 0.0867. The first-order valence-electron chi connectivity index (χ1n) is 11.6. The molecule has 8 rings (SSSR count). The van der Waals surface area contributed by atoms with Gasteiger partial charge >= 0.3 is 0 Å². The highest BCUT2D eigenvalue weighted by Crippen LogP contribution is 2.82. The van der Waals surface area contributed by atoms with Gasteiger partial charge in [0, 0.05) is 21.7 Å². The predicted molar refractivity (Wildman–Crippen MR) is 123 cm³/mol. The zero-order valence-corrected chi connectivity index (χ0v) is 18.5. The van der Waals surface area contributed by atoms with Gasteiger partial charge in [-0.25, -0.2) is 0 Å². The number of benzene rings is 3. The van der Waals surface area contributed by atoms with Crippen LogP contribution >= 0.6 is 0 Å². The van der Waals surface area contributed by atoms with Crippen LogP contribution in [0.1, 0.15) is 84.4 Å². The van der Waals surface area contributed by atoms with Crippen LogP contribution in [0.4, 0.5) is 0 Å². The summed E-state index contributed by atoms with van der Waals surface area (Å²) in [4.78, 5) is 0. The summed E-state index contributed by atoms with van der Waals surface area (Å²) in [5, 5.41) is 0. The van der Waals surface area contributed by atoms with E-state index in [9.17, 15) is 0 Å². The summed E-state index contributed by atoms with van der Waals surface area (Å²) in [6.45, 7) is 10.2. The number of hydrogen-bond donors (Lipinski definition) is 0. The number of ether oxygens (including phenoxy) is 1. The van der Waals surface area contributed by atoms with E-state index in [1.54, 1.807) is 0 Å². The molecule has 0 spiro atoms. The van der Waals surface area contributed by atoms with Crippen molar-refractivity contribution in [2.75, 3.05) is 0 Å². The zero-order chi connectivity index (χ0) is 21.0. The topological polar surface area (TPSA) is 9.23 Å². The van der Waals surface area contributed by atoms with Gasteiger partial charge in [-0.3, -0.25) is 0 Å². The Kier molecular flexibility index (Phi) is 2.51. The Morgan fingerprint density at radius 2 is 0.903 bits per heavy atom. The van der Waals surface area contributed by atoms with Crippen molar-refractivity contribution in [3.63, 3.8) is 0 Å². The van der Waals surface area contributed by atoms with E-state index < -0.39 is 0 Å². The first-order chi connectivity index (χ1) is 14.9. The Bertz CT molecular complexity index is 1300. The molecule has 0 saturated heterocycles. The average molecular weight is 403 g/mol. The molecule has 2 unspecified atom stereocenters. The van der Waals surface area contributed by atoms with E-state index in [1.807, 2.05) is 0 Å². The van der Waals surface area contributed by atoms with Crippen LogP contribution in [0, 0.1) is 5.41 Å². The molecular formula is C30H26O. The lowest BCUT2D eigenvalue weighted by atomic mass is 9.52. The zero-order valence-electron chi connectivity index (χ0n) is 18.5. The van der Waals surface area contributed by atoms with Gasteiger partial charge in [-0.15, -0.1) is 0 Å². The van der Waals surface area contributed by atoms with Gasteiger partial charge in [0.25, 0.3) is 0 Å². The van der Waals surface area contributed by atoms with E-state index in [2.05, 4.69) is 101 Å². The van der Waals surface area contributed by atoms with Crippen LogP contribution in [-0.4, -0.2) is 0 Å². The minimum absolute atomic E-state index is 0.0190. The fourth-order valence-electron chi connectivity index (χ4n) is 9.02. The molecule has 2 bridgehead atoms. The summed E-state index contributed by atoms with van der Waals surface area (Å²) < 4.78 is 6.25. The minimum Gasteiger partial charge on any atom is -0.357 e. The van der Waals surface area contributed by atoms with E-state index in [0.29, 0.717) is 0 Å². The van der Waals surface area contributed by atoms with Crippen molar-refractivity contribution in [3.05, 3.63) is 117 Å². The fourth-order valence-corrected chi connectivity index (χ4v) is 9.02. The molecule has 3 aliphatic carbocycles. The van der Waals surface area contributed by atoms with Crippen LogP contribution in [0.2, 0.25) is 0 Å². The van der Waals surface area contributed by atoms with Gasteiger partial charge in [-0.2, -0.15) is 0 Å². The standard InChI is InChI=1S/C30H26O/c1-27-19-9-5-7-11-21(19)28(2)23-15-17-18(26-14-13-25(17)31-26)16-24(23)29(3,30(27,28)4)22-12-8-6-10-20(22)27/h5-16,25-26H,1-4H3/t25-,26+,27?,28+,29-,30?. The number of fused-ring (bicyclic) bond motifs is 14. The average Bonchev–Trinajstić information content (AvgIpc) is 3.52. The summed E-state index contributed by atoms with van der Waals surface area (Å²) in [6.07, 6.45) is 4.74. The van der Waals surface area contributed by atoms with E-state index in [-0.39, 0.29) is 33.9 Å². The molecule has 0 aromatic heterocycles. The van der Waals surface area contributed by atoms with Gasteiger partial charge in [-0.05, 0) is 44.5 Å². The molecule has 5 aliphatic rings. The van der Waals surface area contributed by atoms with E-state index in [1.165, 1.54) is 44.5 Å². The summed E-state index contributed by atoms with van der Waals surface area (Å²) in [5.74, 6) is 0. The van der Waals surface area contributed by atoms with Crippen molar-refractivity contribution < 1.29 is 4.74 Å². The lowest BCUT2D eigenvalue weighted by Gasteiger charge is -2.49. The van der Waals surface area contributed by atoms with Gasteiger partial charge in [0.15, 0.2) is 0 Å². The smallest absolute Gasteiger partial charge is 0.102 e. The maximum absolute atomic E-state index is 6.25. The van der Waals surface area contributed by atoms with Crippen LogP contribution in [0.3, 0.4) is 0 Å². The molecule has 0 amide bonds. The van der Waals surface area contributed by atoms with E-state index in [0.717, 1.165) is 0 Å². The van der Waals surface area contributed by atoms with Crippen molar-refractivity contribution in [3.8, 4) is 0 Å². The van der Waals surface area contributed by atoms with Gasteiger partial charge in [0.2, 0.25) is 0 Å². The third-order valence-electron chi connectivity index (χ3n) is 10.7. The Hall–Kier alpha value is -2.64. The predicted octanol–water partition coefficient (Wildman–Crippen LogP) is 6.63. The van der Waals surface area contributed by atoms with Gasteiger partial charge in [0.1, 0.15) is 12.2 Å². The van der Waals surface area contributed by atoms with Crippen molar-refractivity contribution >= 4 is 0 Å². The molecule has 3 aromatic carbocycles. The Morgan fingerprint density at radius 1 is 0.548 bits per heavy atom. The molecule has 0 fully saturated rings. The molecule has 31 heavy (non-hydrogen) atoms. The second kappa shape index (κ2) is 4.59. The maximum Gasteiger partial charge on any atom is 0.102 e. The quantitative estimate of drug-likeness (QED) is 0.383. The molecule has 0 radical (unpaired) electrons. The summed E-state index contributed by atoms with van der Waals surface area (Å²) in [7, 11) is 0. The van der Waals surface area contributed by atoms with Gasteiger partial charge in [-0.1, -0.05) is 101 Å². The summed E-state index contributed by atoms with van der Waals surface area (Å²) in [6, 6.07) is 23.6. The lowest BCUT2D eigenvalue weighted by Crippen LogP contribution is -2.51. The van der Waals surface area contributed by atoms with Crippen LogP contribution in [-0.2, 0) is 21.0 Å². The molecule has 3 aromatic rings. The van der Waals surface area contributed by atoms with Crippen molar-refractivity contribution in [1.82, 2.24) is 0 Å². The largest absolute Gasteiger partial charge is 0.357 e. The Morgan fingerprint density at radius 3 is 1.29 bits per heavy atom. The Labute approximate surface area is 183 Å². The van der Waals surface area contributed by atoms with Crippen LogP contribution < -0.4 is 0 Å². The summed E-state index contributed by atoms with van der Waals surface area (Å²) in [5.41, 5.74) is 11.8. The first-order valence-corrected chi connectivity index (χ1v) is 11.6. The van der Waals surface area contributed by atoms with Crippen LogP contribution in [0.5, 0.6) is 0 Å².